The van der Waals surface area contributed by atoms with E-state index in [1.807, 2.05) is 42.7 Å². The zero-order valence-electron chi connectivity index (χ0n) is 12.9. The van der Waals surface area contributed by atoms with E-state index in [0.717, 1.165) is 17.7 Å². The Morgan fingerprint density at radius 3 is 2.48 bits per heavy atom. The molecule has 5 heteroatoms. The first-order valence-electron chi connectivity index (χ1n) is 8.16. The highest BCUT2D eigenvalue weighted by Crippen LogP contribution is 2.27. The van der Waals surface area contributed by atoms with Crippen molar-refractivity contribution in [1.29, 1.82) is 0 Å². The van der Waals surface area contributed by atoms with Gasteiger partial charge in [-0.25, -0.2) is 4.79 Å². The van der Waals surface area contributed by atoms with E-state index in [0.29, 0.717) is 10.9 Å². The molecule has 5 rings (SSSR count). The summed E-state index contributed by atoms with van der Waals surface area (Å²) in [7, 11) is 0. The minimum absolute atomic E-state index is 0.0380. The number of hydrogen-bond donors (Lipinski definition) is 1. The number of carbonyl (C=O) groups excluding carboxylic acids is 1. The molecule has 1 aromatic heterocycles. The fraction of sp³-hybridized carbons (Fsp3) is 0.389. The second-order valence-corrected chi connectivity index (χ2v) is 6.94. The Bertz CT molecular complexity index is 701. The van der Waals surface area contributed by atoms with E-state index in [-0.39, 0.29) is 12.1 Å². The van der Waals surface area contributed by atoms with Gasteiger partial charge in [0, 0.05) is 30.0 Å². The third-order valence-electron chi connectivity index (χ3n) is 5.07. The predicted octanol–water partition coefficient (Wildman–Crippen LogP) is 3.46. The molecule has 23 heavy (non-hydrogen) atoms. The molecule has 4 heterocycles. The van der Waals surface area contributed by atoms with Gasteiger partial charge in [0.2, 0.25) is 0 Å². The second kappa shape index (κ2) is 6.02. The summed E-state index contributed by atoms with van der Waals surface area (Å²) in [5.41, 5.74) is 2.08. The van der Waals surface area contributed by atoms with Crippen molar-refractivity contribution in [2.75, 3.05) is 19.6 Å². The van der Waals surface area contributed by atoms with Crippen LogP contribution < -0.4 is 5.32 Å². The van der Waals surface area contributed by atoms with Crippen LogP contribution in [0.3, 0.4) is 0 Å². The minimum Gasteiger partial charge on any atom is -0.333 e. The lowest BCUT2D eigenvalue weighted by molar-refractivity contribution is 0.0767. The van der Waals surface area contributed by atoms with E-state index in [2.05, 4.69) is 10.2 Å². The molecule has 2 bridgehead atoms. The van der Waals surface area contributed by atoms with Gasteiger partial charge in [-0.3, -0.25) is 4.57 Å². The van der Waals surface area contributed by atoms with E-state index in [4.69, 9.17) is 11.6 Å². The van der Waals surface area contributed by atoms with Gasteiger partial charge in [-0.15, -0.1) is 0 Å². The van der Waals surface area contributed by atoms with Crippen LogP contribution in [0.1, 0.15) is 12.8 Å². The van der Waals surface area contributed by atoms with Crippen molar-refractivity contribution >= 4 is 17.6 Å². The number of aromatic nitrogens is 1. The topological polar surface area (TPSA) is 37.3 Å². The Balaban J connectivity index is 1.46. The average Bonchev–Trinajstić information content (AvgIpc) is 3.07. The Labute approximate surface area is 141 Å². The molecule has 1 unspecified atom stereocenters. The van der Waals surface area contributed by atoms with Crippen molar-refractivity contribution in [3.8, 4) is 11.1 Å². The molecule has 3 aliphatic rings. The molecule has 0 spiro atoms. The number of halogens is 1. The third-order valence-corrected chi connectivity index (χ3v) is 5.32. The fourth-order valence-electron chi connectivity index (χ4n) is 3.70. The molecular formula is C18H20ClN3O. The molecule has 0 radical (unpaired) electrons. The summed E-state index contributed by atoms with van der Waals surface area (Å²) in [5, 5.41) is 3.92. The predicted molar refractivity (Wildman–Crippen MR) is 91.8 cm³/mol. The SMILES string of the molecule is O=C(NC1CN2CCC1CC2)n1ccc(-c2ccc(Cl)cc2)c1. The molecule has 3 aliphatic heterocycles. The number of piperidine rings is 3. The molecule has 2 aromatic rings. The molecule has 1 atom stereocenters. The van der Waals surface area contributed by atoms with E-state index in [1.165, 1.54) is 25.9 Å². The van der Waals surface area contributed by atoms with Crippen molar-refractivity contribution in [3.63, 3.8) is 0 Å². The van der Waals surface area contributed by atoms with Crippen LogP contribution in [-0.4, -0.2) is 41.2 Å². The molecule has 1 N–H and O–H groups in total. The zero-order chi connectivity index (χ0) is 15.8. The second-order valence-electron chi connectivity index (χ2n) is 6.51. The van der Waals surface area contributed by atoms with Gasteiger partial charge in [0.15, 0.2) is 0 Å². The van der Waals surface area contributed by atoms with E-state index >= 15 is 0 Å². The number of nitrogens with zero attached hydrogens (tertiary/aromatic N) is 2. The summed E-state index contributed by atoms with van der Waals surface area (Å²) < 4.78 is 1.64. The molecule has 1 amide bonds. The standard InChI is InChI=1S/C18H20ClN3O/c19-16-3-1-13(2-4-16)15-7-10-22(11-15)18(23)20-17-12-21-8-5-14(17)6-9-21/h1-4,7,10-11,14,17H,5-6,8-9,12H2,(H,20,23). The van der Waals surface area contributed by atoms with Crippen LogP contribution in [0, 0.1) is 5.92 Å². The number of hydrogen-bond acceptors (Lipinski definition) is 2. The van der Waals surface area contributed by atoms with Gasteiger partial charge >= 0.3 is 6.03 Å². The van der Waals surface area contributed by atoms with Crippen molar-refractivity contribution in [1.82, 2.24) is 14.8 Å². The van der Waals surface area contributed by atoms with Crippen LogP contribution in [-0.2, 0) is 0 Å². The number of fused-ring (bicyclic) bond motifs is 3. The van der Waals surface area contributed by atoms with Gasteiger partial charge in [0.25, 0.3) is 0 Å². The Hall–Kier alpha value is -1.78. The molecule has 4 nitrogen and oxygen atoms in total. The maximum absolute atomic E-state index is 12.5. The lowest BCUT2D eigenvalue weighted by atomic mass is 9.84. The molecule has 0 aliphatic carbocycles. The molecular weight excluding hydrogens is 310 g/mol. The first-order chi connectivity index (χ1) is 11.2. The van der Waals surface area contributed by atoms with Crippen LogP contribution >= 0.6 is 11.6 Å². The van der Waals surface area contributed by atoms with Gasteiger partial charge in [-0.2, -0.15) is 0 Å². The van der Waals surface area contributed by atoms with Crippen LogP contribution in [0.5, 0.6) is 0 Å². The first kappa shape index (κ1) is 14.8. The summed E-state index contributed by atoms with van der Waals surface area (Å²) in [6.07, 6.45) is 6.10. The van der Waals surface area contributed by atoms with E-state index < -0.39 is 0 Å². The number of carbonyl (C=O) groups is 1. The van der Waals surface area contributed by atoms with Gasteiger partial charge in [0.1, 0.15) is 0 Å². The number of rotatable bonds is 2. The maximum atomic E-state index is 12.5. The zero-order valence-corrected chi connectivity index (χ0v) is 13.7. The van der Waals surface area contributed by atoms with E-state index in [1.54, 1.807) is 4.57 Å². The number of amides is 1. The Kier molecular flexibility index (Phi) is 3.87. The van der Waals surface area contributed by atoms with Crippen molar-refractivity contribution < 1.29 is 4.79 Å². The largest absolute Gasteiger partial charge is 0.333 e. The fourth-order valence-corrected chi connectivity index (χ4v) is 3.82. The quantitative estimate of drug-likeness (QED) is 0.916. The molecule has 0 saturated carbocycles. The molecule has 3 fully saturated rings. The van der Waals surface area contributed by atoms with Crippen LogP contribution in [0.2, 0.25) is 5.02 Å². The molecule has 120 valence electrons. The molecule has 1 aromatic carbocycles. The lowest BCUT2D eigenvalue weighted by Gasteiger charge is -2.44. The van der Waals surface area contributed by atoms with Crippen molar-refractivity contribution in [2.45, 2.75) is 18.9 Å². The van der Waals surface area contributed by atoms with Gasteiger partial charge < -0.3 is 10.2 Å². The number of benzene rings is 1. The monoisotopic (exact) mass is 329 g/mol. The van der Waals surface area contributed by atoms with E-state index in [9.17, 15) is 4.79 Å². The minimum atomic E-state index is -0.0380. The summed E-state index contributed by atoms with van der Waals surface area (Å²) in [5.74, 6) is 0.634. The molecule has 3 saturated heterocycles. The summed E-state index contributed by atoms with van der Waals surface area (Å²) >= 11 is 5.92. The van der Waals surface area contributed by atoms with Crippen LogP contribution in [0.4, 0.5) is 4.79 Å². The maximum Gasteiger partial charge on any atom is 0.325 e. The smallest absolute Gasteiger partial charge is 0.325 e. The Morgan fingerprint density at radius 2 is 1.83 bits per heavy atom. The summed E-state index contributed by atoms with van der Waals surface area (Å²) in [4.78, 5) is 14.9. The van der Waals surface area contributed by atoms with Crippen LogP contribution in [0.25, 0.3) is 11.1 Å². The number of nitrogens with one attached hydrogen (secondary N) is 1. The van der Waals surface area contributed by atoms with Gasteiger partial charge in [0.05, 0.1) is 0 Å². The van der Waals surface area contributed by atoms with Crippen molar-refractivity contribution in [3.05, 3.63) is 47.7 Å². The Morgan fingerprint density at radius 1 is 1.09 bits per heavy atom. The normalized spacial score (nSPS) is 26.2. The highest BCUT2D eigenvalue weighted by Gasteiger charge is 2.34. The van der Waals surface area contributed by atoms with Gasteiger partial charge in [-0.05, 0) is 61.2 Å². The lowest BCUT2D eigenvalue weighted by Crippen LogP contribution is -2.57. The summed E-state index contributed by atoms with van der Waals surface area (Å²) in [6, 6.07) is 9.86. The van der Waals surface area contributed by atoms with Gasteiger partial charge in [-0.1, -0.05) is 23.7 Å². The first-order valence-corrected chi connectivity index (χ1v) is 8.54. The third kappa shape index (κ3) is 3.01. The highest BCUT2D eigenvalue weighted by molar-refractivity contribution is 6.30. The van der Waals surface area contributed by atoms with Crippen LogP contribution in [0.15, 0.2) is 42.7 Å². The average molecular weight is 330 g/mol. The van der Waals surface area contributed by atoms with Crippen molar-refractivity contribution in [2.24, 2.45) is 5.92 Å². The summed E-state index contributed by atoms with van der Waals surface area (Å²) in [6.45, 7) is 3.35. The highest BCUT2D eigenvalue weighted by atomic mass is 35.5.